The molecule has 6 nitrogen and oxygen atoms in total. The number of thioether (sulfide) groups is 1. The molecule has 28 heavy (non-hydrogen) atoms. The Morgan fingerprint density at radius 1 is 1.18 bits per heavy atom. The number of para-hydroxylation sites is 1. The molecule has 0 aliphatic carbocycles. The van der Waals surface area contributed by atoms with Crippen LogP contribution < -0.4 is 9.64 Å². The Morgan fingerprint density at radius 2 is 1.96 bits per heavy atom. The molecule has 2 aliphatic rings. The highest BCUT2D eigenvalue weighted by molar-refractivity contribution is 8.16. The van der Waals surface area contributed by atoms with Crippen molar-refractivity contribution in [1.82, 2.24) is 0 Å². The molecule has 2 aliphatic heterocycles. The van der Waals surface area contributed by atoms with Crippen LogP contribution in [-0.4, -0.2) is 48.9 Å². The molecular weight excluding hydrogens is 403 g/mol. The zero-order valence-corrected chi connectivity index (χ0v) is 16.3. The SMILES string of the molecule is O=C(COc1ccccc1)N=C1S[C@H]2CS(=O)(=O)C[C@H]2N1c1cccc(F)c1. The molecule has 0 bridgehead atoms. The van der Waals surface area contributed by atoms with Crippen LogP contribution in [0.15, 0.2) is 59.6 Å². The zero-order valence-electron chi connectivity index (χ0n) is 14.7. The smallest absolute Gasteiger partial charge is 0.285 e. The summed E-state index contributed by atoms with van der Waals surface area (Å²) in [5.74, 6) is -0.405. The topological polar surface area (TPSA) is 76.0 Å². The Bertz CT molecular complexity index is 1030. The van der Waals surface area contributed by atoms with Crippen LogP contribution in [-0.2, 0) is 14.6 Å². The van der Waals surface area contributed by atoms with Gasteiger partial charge in [-0.25, -0.2) is 12.8 Å². The van der Waals surface area contributed by atoms with Crippen molar-refractivity contribution in [3.63, 3.8) is 0 Å². The number of halogens is 1. The molecule has 146 valence electrons. The average Bonchev–Trinajstić information content (AvgIpc) is 3.11. The number of amides is 1. The zero-order chi connectivity index (χ0) is 19.7. The minimum atomic E-state index is -3.18. The minimum absolute atomic E-state index is 0.0157. The summed E-state index contributed by atoms with van der Waals surface area (Å²) in [5.41, 5.74) is 0.479. The van der Waals surface area contributed by atoms with Gasteiger partial charge in [-0.1, -0.05) is 36.0 Å². The molecule has 2 aromatic carbocycles. The summed E-state index contributed by atoms with van der Waals surface area (Å²) in [6.07, 6.45) is 0. The fourth-order valence-corrected chi connectivity index (χ4v) is 7.22. The number of amidine groups is 1. The lowest BCUT2D eigenvalue weighted by atomic mass is 10.2. The Morgan fingerprint density at radius 3 is 2.71 bits per heavy atom. The van der Waals surface area contributed by atoms with Crippen LogP contribution in [0.25, 0.3) is 0 Å². The molecule has 0 unspecified atom stereocenters. The van der Waals surface area contributed by atoms with Gasteiger partial charge in [0.2, 0.25) is 0 Å². The van der Waals surface area contributed by atoms with E-state index >= 15 is 0 Å². The summed E-state index contributed by atoms with van der Waals surface area (Å²) >= 11 is 1.24. The van der Waals surface area contributed by atoms with Gasteiger partial charge in [0.15, 0.2) is 21.6 Å². The quantitative estimate of drug-likeness (QED) is 0.757. The first-order chi connectivity index (χ1) is 13.4. The summed E-state index contributed by atoms with van der Waals surface area (Å²) < 4.78 is 43.2. The monoisotopic (exact) mass is 420 g/mol. The second kappa shape index (κ2) is 7.56. The van der Waals surface area contributed by atoms with Crippen LogP contribution in [0.2, 0.25) is 0 Å². The normalized spacial score (nSPS) is 24.3. The lowest BCUT2D eigenvalue weighted by Crippen LogP contribution is -2.37. The van der Waals surface area contributed by atoms with E-state index in [1.807, 2.05) is 6.07 Å². The number of fused-ring (bicyclic) bond motifs is 1. The fourth-order valence-electron chi connectivity index (χ4n) is 3.29. The standard InChI is InChI=1S/C19H17FN2O4S2/c20-13-5-4-6-14(9-13)22-16-11-28(24,25)12-17(16)27-19(22)21-18(23)10-26-15-7-2-1-3-8-15/h1-9,16-17H,10-12H2/t16-,17+/m1/s1. The number of sulfone groups is 1. The Hall–Kier alpha value is -2.39. The lowest BCUT2D eigenvalue weighted by molar-refractivity contribution is -0.119. The molecule has 4 rings (SSSR count). The van der Waals surface area contributed by atoms with Gasteiger partial charge in [0, 0.05) is 10.9 Å². The number of anilines is 1. The maximum atomic E-state index is 13.7. The number of hydrogen-bond acceptors (Lipinski definition) is 5. The van der Waals surface area contributed by atoms with Crippen LogP contribution in [0.4, 0.5) is 10.1 Å². The van der Waals surface area contributed by atoms with E-state index in [-0.39, 0.29) is 29.4 Å². The molecule has 0 saturated carbocycles. The molecule has 2 saturated heterocycles. The number of nitrogens with zero attached hydrogens (tertiary/aromatic N) is 2. The van der Waals surface area contributed by atoms with Gasteiger partial charge in [-0.2, -0.15) is 4.99 Å². The number of benzene rings is 2. The largest absolute Gasteiger partial charge is 0.484 e. The van der Waals surface area contributed by atoms with E-state index in [0.717, 1.165) is 0 Å². The van der Waals surface area contributed by atoms with Crippen LogP contribution in [0.3, 0.4) is 0 Å². The molecule has 0 N–H and O–H groups in total. The Kier molecular flexibility index (Phi) is 5.11. The lowest BCUT2D eigenvalue weighted by Gasteiger charge is -2.24. The third-order valence-corrected chi connectivity index (χ3v) is 7.69. The maximum Gasteiger partial charge on any atom is 0.285 e. The Labute approximate surface area is 166 Å². The van der Waals surface area contributed by atoms with E-state index < -0.39 is 21.6 Å². The van der Waals surface area contributed by atoms with Crippen molar-refractivity contribution in [2.24, 2.45) is 4.99 Å². The highest BCUT2D eigenvalue weighted by atomic mass is 32.2. The van der Waals surface area contributed by atoms with Gasteiger partial charge in [0.05, 0.1) is 17.5 Å². The fraction of sp³-hybridized carbons (Fsp3) is 0.263. The van der Waals surface area contributed by atoms with Crippen molar-refractivity contribution in [3.8, 4) is 5.75 Å². The van der Waals surface area contributed by atoms with Crippen molar-refractivity contribution in [2.75, 3.05) is 23.0 Å². The number of carbonyl (C=O) groups is 1. The highest BCUT2D eigenvalue weighted by Gasteiger charge is 2.49. The molecule has 2 fully saturated rings. The number of rotatable bonds is 4. The number of ether oxygens (including phenoxy) is 1. The highest BCUT2D eigenvalue weighted by Crippen LogP contribution is 2.41. The number of hydrogen-bond donors (Lipinski definition) is 0. The molecule has 1 amide bonds. The van der Waals surface area contributed by atoms with E-state index in [1.165, 1.54) is 23.9 Å². The van der Waals surface area contributed by atoms with E-state index in [9.17, 15) is 17.6 Å². The maximum absolute atomic E-state index is 13.7. The summed E-state index contributed by atoms with van der Waals surface area (Å²) in [6, 6.07) is 14.4. The van der Waals surface area contributed by atoms with Crippen molar-refractivity contribution in [3.05, 3.63) is 60.4 Å². The third-order valence-electron chi connectivity index (χ3n) is 4.48. The first-order valence-corrected chi connectivity index (χ1v) is 11.3. The average molecular weight is 420 g/mol. The van der Waals surface area contributed by atoms with Gasteiger partial charge < -0.3 is 9.64 Å². The van der Waals surface area contributed by atoms with E-state index in [2.05, 4.69) is 4.99 Å². The molecular formula is C19H17FN2O4S2. The summed E-state index contributed by atoms with van der Waals surface area (Å²) in [4.78, 5) is 18.1. The van der Waals surface area contributed by atoms with Crippen molar-refractivity contribution in [1.29, 1.82) is 0 Å². The van der Waals surface area contributed by atoms with Crippen LogP contribution >= 0.6 is 11.8 Å². The number of carbonyl (C=O) groups excluding carboxylic acids is 1. The molecule has 0 spiro atoms. The van der Waals surface area contributed by atoms with Gasteiger partial charge in [-0.15, -0.1) is 0 Å². The second-order valence-electron chi connectivity index (χ2n) is 6.54. The van der Waals surface area contributed by atoms with Gasteiger partial charge >= 0.3 is 0 Å². The molecule has 0 radical (unpaired) electrons. The van der Waals surface area contributed by atoms with Gasteiger partial charge in [-0.3, -0.25) is 4.79 Å². The molecule has 2 atom stereocenters. The minimum Gasteiger partial charge on any atom is -0.484 e. The van der Waals surface area contributed by atoms with Crippen LogP contribution in [0.5, 0.6) is 5.75 Å². The van der Waals surface area contributed by atoms with Crippen LogP contribution in [0, 0.1) is 5.82 Å². The van der Waals surface area contributed by atoms with Crippen LogP contribution in [0.1, 0.15) is 0 Å². The first-order valence-electron chi connectivity index (χ1n) is 8.62. The summed E-state index contributed by atoms with van der Waals surface area (Å²) in [7, 11) is -3.18. The molecule has 9 heteroatoms. The summed E-state index contributed by atoms with van der Waals surface area (Å²) in [5, 5.41) is 0.132. The van der Waals surface area contributed by atoms with Gasteiger partial charge in [-0.05, 0) is 30.3 Å². The van der Waals surface area contributed by atoms with Crippen molar-refractivity contribution >= 4 is 38.4 Å². The van der Waals surface area contributed by atoms with Crippen molar-refractivity contribution < 1.29 is 22.3 Å². The van der Waals surface area contributed by atoms with Crippen molar-refractivity contribution in [2.45, 2.75) is 11.3 Å². The van der Waals surface area contributed by atoms with E-state index in [1.54, 1.807) is 41.3 Å². The van der Waals surface area contributed by atoms with E-state index in [0.29, 0.717) is 16.6 Å². The number of aliphatic imine (C=N–C) groups is 1. The summed E-state index contributed by atoms with van der Waals surface area (Å²) in [6.45, 7) is -0.237. The molecule has 2 heterocycles. The first kappa shape index (κ1) is 18.9. The van der Waals surface area contributed by atoms with Gasteiger partial charge in [0.25, 0.3) is 5.91 Å². The van der Waals surface area contributed by atoms with E-state index in [4.69, 9.17) is 4.74 Å². The second-order valence-corrected chi connectivity index (χ2v) is 9.90. The molecule has 0 aromatic heterocycles. The van der Waals surface area contributed by atoms with Gasteiger partial charge in [0.1, 0.15) is 11.6 Å². The molecule has 2 aromatic rings. The third kappa shape index (κ3) is 4.05. The Balaban J connectivity index is 1.58. The predicted molar refractivity (Wildman–Crippen MR) is 107 cm³/mol. The predicted octanol–water partition coefficient (Wildman–Crippen LogP) is 2.51.